The first-order valence-electron chi connectivity index (χ1n) is 9.84. The normalized spacial score (nSPS) is 18.3. The SMILES string of the molecule is COCCN1CCC2(CC1)Nc1ccccc1N=C2NCc1cccc(Cl)c1. The van der Waals surface area contributed by atoms with E-state index in [1.807, 2.05) is 24.3 Å². The first-order chi connectivity index (χ1) is 13.7. The van der Waals surface area contributed by atoms with E-state index in [9.17, 15) is 0 Å². The van der Waals surface area contributed by atoms with Crippen LogP contribution in [0.2, 0.25) is 5.02 Å². The smallest absolute Gasteiger partial charge is 0.128 e. The first kappa shape index (κ1) is 19.2. The molecular weight excluding hydrogens is 372 g/mol. The van der Waals surface area contributed by atoms with E-state index in [4.69, 9.17) is 21.3 Å². The van der Waals surface area contributed by atoms with Crippen LogP contribution >= 0.6 is 11.6 Å². The molecule has 2 aliphatic rings. The zero-order valence-electron chi connectivity index (χ0n) is 16.2. The highest BCUT2D eigenvalue weighted by molar-refractivity contribution is 6.30. The van der Waals surface area contributed by atoms with Crippen molar-refractivity contribution in [3.63, 3.8) is 0 Å². The molecule has 148 valence electrons. The van der Waals surface area contributed by atoms with Crippen molar-refractivity contribution in [3.8, 4) is 0 Å². The number of aliphatic imine (C=N–C) groups is 1. The Balaban J connectivity index is 1.54. The number of nitrogens with one attached hydrogen (secondary N) is 2. The third kappa shape index (κ3) is 4.17. The van der Waals surface area contributed by atoms with Crippen molar-refractivity contribution in [2.24, 2.45) is 4.99 Å². The quantitative estimate of drug-likeness (QED) is 0.797. The molecule has 1 saturated heterocycles. The van der Waals surface area contributed by atoms with Crippen molar-refractivity contribution >= 4 is 28.8 Å². The number of rotatable bonds is 5. The molecule has 0 saturated carbocycles. The van der Waals surface area contributed by atoms with Crippen LogP contribution in [0.5, 0.6) is 0 Å². The van der Waals surface area contributed by atoms with Gasteiger partial charge < -0.3 is 20.3 Å². The summed E-state index contributed by atoms with van der Waals surface area (Å²) in [5, 5.41) is 8.18. The molecule has 0 unspecified atom stereocenters. The predicted octanol–water partition coefficient (Wildman–Crippen LogP) is 4.07. The van der Waals surface area contributed by atoms with E-state index in [0.29, 0.717) is 6.54 Å². The molecule has 4 rings (SSSR count). The molecule has 28 heavy (non-hydrogen) atoms. The molecule has 2 aromatic carbocycles. The van der Waals surface area contributed by atoms with E-state index in [1.165, 1.54) is 0 Å². The Morgan fingerprint density at radius 3 is 2.79 bits per heavy atom. The van der Waals surface area contributed by atoms with Crippen LogP contribution in [0.4, 0.5) is 11.4 Å². The van der Waals surface area contributed by atoms with Gasteiger partial charge in [0.05, 0.1) is 23.5 Å². The predicted molar refractivity (Wildman–Crippen MR) is 116 cm³/mol. The summed E-state index contributed by atoms with van der Waals surface area (Å²) in [6, 6.07) is 16.2. The molecule has 0 atom stereocenters. The highest BCUT2D eigenvalue weighted by Crippen LogP contribution is 2.37. The van der Waals surface area contributed by atoms with E-state index < -0.39 is 0 Å². The monoisotopic (exact) mass is 398 g/mol. The number of piperidine rings is 1. The number of halogens is 1. The summed E-state index contributed by atoms with van der Waals surface area (Å²) < 4.78 is 5.24. The van der Waals surface area contributed by atoms with Crippen LogP contribution in [0.3, 0.4) is 0 Å². The second kappa shape index (κ2) is 8.52. The number of ether oxygens (including phenoxy) is 1. The van der Waals surface area contributed by atoms with Gasteiger partial charge >= 0.3 is 0 Å². The van der Waals surface area contributed by atoms with Gasteiger partial charge in [-0.1, -0.05) is 35.9 Å². The summed E-state index contributed by atoms with van der Waals surface area (Å²) in [5.41, 5.74) is 3.10. The Labute approximate surface area is 171 Å². The lowest BCUT2D eigenvalue weighted by atomic mass is 9.84. The maximum absolute atomic E-state index is 6.15. The summed E-state index contributed by atoms with van der Waals surface area (Å²) in [4.78, 5) is 7.48. The fourth-order valence-corrected chi connectivity index (χ4v) is 4.22. The summed E-state index contributed by atoms with van der Waals surface area (Å²) in [7, 11) is 1.76. The Kier molecular flexibility index (Phi) is 5.85. The number of nitrogens with zero attached hydrogens (tertiary/aromatic N) is 2. The Hall–Kier alpha value is -2.08. The number of likely N-dealkylation sites (tertiary alicyclic amines) is 1. The van der Waals surface area contributed by atoms with Gasteiger partial charge in [-0.15, -0.1) is 0 Å². The van der Waals surface area contributed by atoms with Crippen molar-refractivity contribution in [2.75, 3.05) is 38.7 Å². The number of anilines is 1. The van der Waals surface area contributed by atoms with Gasteiger partial charge in [-0.3, -0.25) is 0 Å². The molecule has 2 aliphatic heterocycles. The second-order valence-corrected chi connectivity index (χ2v) is 7.94. The van der Waals surface area contributed by atoms with E-state index in [1.54, 1.807) is 7.11 Å². The fourth-order valence-electron chi connectivity index (χ4n) is 4.00. The van der Waals surface area contributed by atoms with Crippen LogP contribution in [0.1, 0.15) is 18.4 Å². The third-order valence-corrected chi connectivity index (χ3v) is 5.87. The molecule has 0 aromatic heterocycles. The van der Waals surface area contributed by atoms with Gasteiger partial charge in [0.2, 0.25) is 0 Å². The number of para-hydroxylation sites is 2. The average molecular weight is 399 g/mol. The van der Waals surface area contributed by atoms with E-state index >= 15 is 0 Å². The van der Waals surface area contributed by atoms with Crippen molar-refractivity contribution in [1.29, 1.82) is 0 Å². The van der Waals surface area contributed by atoms with E-state index in [0.717, 1.165) is 66.9 Å². The van der Waals surface area contributed by atoms with Crippen LogP contribution in [0, 0.1) is 0 Å². The third-order valence-electron chi connectivity index (χ3n) is 5.63. The number of hydrogen-bond acceptors (Lipinski definition) is 5. The van der Waals surface area contributed by atoms with E-state index in [-0.39, 0.29) is 5.54 Å². The highest BCUT2D eigenvalue weighted by atomic mass is 35.5. The lowest BCUT2D eigenvalue weighted by Gasteiger charge is -2.45. The average Bonchev–Trinajstić information content (AvgIpc) is 2.72. The van der Waals surface area contributed by atoms with Crippen molar-refractivity contribution < 1.29 is 4.74 Å². The van der Waals surface area contributed by atoms with Crippen LogP contribution in [-0.4, -0.2) is 49.6 Å². The Bertz CT molecular complexity index is 846. The van der Waals surface area contributed by atoms with Gasteiger partial charge in [0, 0.05) is 38.3 Å². The molecule has 1 fully saturated rings. The summed E-state index contributed by atoms with van der Waals surface area (Å²) >= 11 is 6.15. The Morgan fingerprint density at radius 2 is 2.00 bits per heavy atom. The molecule has 0 amide bonds. The zero-order valence-corrected chi connectivity index (χ0v) is 17.0. The number of fused-ring (bicyclic) bond motifs is 1. The van der Waals surface area contributed by atoms with Crippen molar-refractivity contribution in [2.45, 2.75) is 24.9 Å². The Morgan fingerprint density at radius 1 is 1.18 bits per heavy atom. The molecule has 5 nitrogen and oxygen atoms in total. The first-order valence-corrected chi connectivity index (χ1v) is 10.2. The zero-order chi connectivity index (χ0) is 19.4. The van der Waals surface area contributed by atoms with Gasteiger partial charge in [0.25, 0.3) is 0 Å². The molecule has 0 bridgehead atoms. The van der Waals surface area contributed by atoms with Gasteiger partial charge in [-0.2, -0.15) is 0 Å². The largest absolute Gasteiger partial charge is 0.383 e. The lowest BCUT2D eigenvalue weighted by molar-refractivity contribution is 0.126. The molecule has 2 N–H and O–H groups in total. The maximum Gasteiger partial charge on any atom is 0.128 e. The molecule has 1 spiro atoms. The summed E-state index contributed by atoms with van der Waals surface area (Å²) in [5.74, 6) is 1.03. The number of methoxy groups -OCH3 is 1. The van der Waals surface area contributed by atoms with Gasteiger partial charge in [-0.05, 0) is 42.7 Å². The van der Waals surface area contributed by atoms with Gasteiger partial charge in [0.1, 0.15) is 5.84 Å². The fraction of sp³-hybridized carbons (Fsp3) is 0.409. The lowest BCUT2D eigenvalue weighted by Crippen LogP contribution is -2.59. The highest BCUT2D eigenvalue weighted by Gasteiger charge is 2.41. The minimum atomic E-state index is -0.156. The van der Waals surface area contributed by atoms with Gasteiger partial charge in [0.15, 0.2) is 0 Å². The maximum atomic E-state index is 6.15. The number of hydrogen-bond donors (Lipinski definition) is 2. The summed E-state index contributed by atoms with van der Waals surface area (Å²) in [6.07, 6.45) is 2.01. The molecule has 6 heteroatoms. The van der Waals surface area contributed by atoms with Crippen LogP contribution in [0.15, 0.2) is 53.5 Å². The second-order valence-electron chi connectivity index (χ2n) is 7.50. The van der Waals surface area contributed by atoms with Gasteiger partial charge in [-0.25, -0.2) is 4.99 Å². The summed E-state index contributed by atoms with van der Waals surface area (Å²) in [6.45, 7) is 4.51. The van der Waals surface area contributed by atoms with Crippen LogP contribution in [-0.2, 0) is 11.3 Å². The van der Waals surface area contributed by atoms with E-state index in [2.05, 4.69) is 39.8 Å². The molecule has 0 radical (unpaired) electrons. The molecule has 2 aromatic rings. The van der Waals surface area contributed by atoms with Crippen LogP contribution in [0.25, 0.3) is 0 Å². The number of benzene rings is 2. The standard InChI is InChI=1S/C22H27ClN4O/c1-28-14-13-27-11-9-22(10-12-27)21(24-16-17-5-4-6-18(23)15-17)25-19-7-2-3-8-20(19)26-22/h2-8,15,26H,9-14,16H2,1H3,(H,24,25). The molecule has 2 heterocycles. The van der Waals surface area contributed by atoms with Crippen molar-refractivity contribution in [1.82, 2.24) is 10.2 Å². The topological polar surface area (TPSA) is 48.9 Å². The van der Waals surface area contributed by atoms with Crippen molar-refractivity contribution in [3.05, 3.63) is 59.1 Å². The molecular formula is C22H27ClN4O. The minimum Gasteiger partial charge on any atom is -0.383 e. The number of amidine groups is 1. The van der Waals surface area contributed by atoms with Crippen LogP contribution < -0.4 is 10.6 Å². The molecule has 0 aliphatic carbocycles. The minimum absolute atomic E-state index is 0.156.